The van der Waals surface area contributed by atoms with Gasteiger partial charge in [-0.05, 0) is 18.6 Å². The number of para-hydroxylation sites is 2. The van der Waals surface area contributed by atoms with Crippen LogP contribution in [0.2, 0.25) is 0 Å². The smallest absolute Gasteiger partial charge is 0.326 e. The lowest BCUT2D eigenvalue weighted by Gasteiger charge is -2.23. The normalized spacial score (nSPS) is 20.3. The summed E-state index contributed by atoms with van der Waals surface area (Å²) in [5.41, 5.74) is 1.82. The molecule has 1 saturated heterocycles. The van der Waals surface area contributed by atoms with Gasteiger partial charge in [0.1, 0.15) is 0 Å². The van der Waals surface area contributed by atoms with Gasteiger partial charge in [0.2, 0.25) is 0 Å². The van der Waals surface area contributed by atoms with Gasteiger partial charge in [-0.2, -0.15) is 0 Å². The Labute approximate surface area is 105 Å². The van der Waals surface area contributed by atoms with Gasteiger partial charge < -0.3 is 15.0 Å². The second-order valence-electron chi connectivity index (χ2n) is 4.58. The van der Waals surface area contributed by atoms with E-state index in [0.717, 1.165) is 37.2 Å². The number of morpholine rings is 1. The molecule has 0 radical (unpaired) electrons. The third-order valence-corrected chi connectivity index (χ3v) is 3.36. The zero-order chi connectivity index (χ0) is 12.4. The van der Waals surface area contributed by atoms with Crippen LogP contribution in [0, 0.1) is 0 Å². The Morgan fingerprint density at radius 1 is 1.39 bits per heavy atom. The Balaban J connectivity index is 1.77. The number of rotatable bonds is 3. The number of aryl methyl sites for hydroxylation is 1. The fourth-order valence-electron chi connectivity index (χ4n) is 2.41. The minimum absolute atomic E-state index is 0.0417. The fourth-order valence-corrected chi connectivity index (χ4v) is 2.41. The lowest BCUT2D eigenvalue weighted by molar-refractivity contribution is 0.0211. The molecule has 0 amide bonds. The third-order valence-electron chi connectivity index (χ3n) is 3.36. The van der Waals surface area contributed by atoms with E-state index in [4.69, 9.17) is 4.74 Å². The first-order chi connectivity index (χ1) is 8.84. The molecule has 0 spiro atoms. The highest BCUT2D eigenvalue weighted by atomic mass is 16.5. The van der Waals surface area contributed by atoms with Gasteiger partial charge in [0.05, 0.1) is 23.7 Å². The standard InChI is InChI=1S/C13H17N3O2/c17-13-15-11-3-1-2-4-12(11)16(13)7-5-10-9-14-6-8-18-10/h1-4,10,14H,5-9H2,(H,15,17). The number of hydrogen-bond acceptors (Lipinski definition) is 3. The largest absolute Gasteiger partial charge is 0.376 e. The predicted molar refractivity (Wildman–Crippen MR) is 69.8 cm³/mol. The van der Waals surface area contributed by atoms with Crippen molar-refractivity contribution >= 4 is 11.0 Å². The predicted octanol–water partition coefficient (Wildman–Crippen LogP) is 0.708. The van der Waals surface area contributed by atoms with Gasteiger partial charge in [-0.3, -0.25) is 4.57 Å². The SMILES string of the molecule is O=c1[nH]c2ccccc2n1CCC1CNCCO1. The number of nitrogens with one attached hydrogen (secondary N) is 2. The van der Waals surface area contributed by atoms with E-state index < -0.39 is 0 Å². The molecular formula is C13H17N3O2. The second-order valence-corrected chi connectivity index (χ2v) is 4.58. The molecule has 0 aliphatic carbocycles. The van der Waals surface area contributed by atoms with Crippen LogP contribution in [-0.2, 0) is 11.3 Å². The number of H-pyrrole nitrogens is 1. The molecule has 0 bridgehead atoms. The summed E-state index contributed by atoms with van der Waals surface area (Å²) < 4.78 is 7.43. The molecule has 5 nitrogen and oxygen atoms in total. The van der Waals surface area contributed by atoms with E-state index in [9.17, 15) is 4.79 Å². The van der Waals surface area contributed by atoms with E-state index in [1.807, 2.05) is 24.3 Å². The minimum Gasteiger partial charge on any atom is -0.376 e. The quantitative estimate of drug-likeness (QED) is 0.839. The van der Waals surface area contributed by atoms with Crippen molar-refractivity contribution in [1.82, 2.24) is 14.9 Å². The van der Waals surface area contributed by atoms with Gasteiger partial charge in [-0.1, -0.05) is 12.1 Å². The van der Waals surface area contributed by atoms with Gasteiger partial charge >= 0.3 is 5.69 Å². The molecule has 3 rings (SSSR count). The zero-order valence-corrected chi connectivity index (χ0v) is 10.2. The Bertz CT molecular complexity index is 581. The van der Waals surface area contributed by atoms with Gasteiger partial charge in [0.15, 0.2) is 0 Å². The van der Waals surface area contributed by atoms with Crippen molar-refractivity contribution < 1.29 is 4.74 Å². The summed E-state index contributed by atoms with van der Waals surface area (Å²) in [7, 11) is 0. The molecule has 1 aromatic carbocycles. The lowest BCUT2D eigenvalue weighted by atomic mass is 10.2. The Morgan fingerprint density at radius 3 is 3.11 bits per heavy atom. The topological polar surface area (TPSA) is 59.0 Å². The van der Waals surface area contributed by atoms with Crippen molar-refractivity contribution in [3.63, 3.8) is 0 Å². The Morgan fingerprint density at radius 2 is 2.28 bits per heavy atom. The number of aromatic amines is 1. The number of ether oxygens (including phenoxy) is 1. The zero-order valence-electron chi connectivity index (χ0n) is 10.2. The van der Waals surface area contributed by atoms with Crippen LogP contribution in [0.4, 0.5) is 0 Å². The summed E-state index contributed by atoms with van der Waals surface area (Å²) in [4.78, 5) is 14.7. The van der Waals surface area contributed by atoms with Crippen molar-refractivity contribution in [2.45, 2.75) is 19.1 Å². The minimum atomic E-state index is -0.0417. The van der Waals surface area contributed by atoms with Gasteiger partial charge in [-0.15, -0.1) is 0 Å². The summed E-state index contributed by atoms with van der Waals surface area (Å²) in [6.07, 6.45) is 1.06. The number of imidazole rings is 1. The highest BCUT2D eigenvalue weighted by molar-refractivity contribution is 5.74. The number of fused-ring (bicyclic) bond motifs is 1. The van der Waals surface area contributed by atoms with Gasteiger partial charge in [0, 0.05) is 19.6 Å². The van der Waals surface area contributed by atoms with E-state index in [2.05, 4.69) is 10.3 Å². The van der Waals surface area contributed by atoms with E-state index >= 15 is 0 Å². The van der Waals surface area contributed by atoms with E-state index in [0.29, 0.717) is 6.54 Å². The van der Waals surface area contributed by atoms with Gasteiger partial charge in [0.25, 0.3) is 0 Å². The summed E-state index contributed by atoms with van der Waals surface area (Å²) in [5.74, 6) is 0. The van der Waals surface area contributed by atoms with Crippen molar-refractivity contribution in [3.05, 3.63) is 34.7 Å². The fraction of sp³-hybridized carbons (Fsp3) is 0.462. The maximum Gasteiger partial charge on any atom is 0.326 e. The molecule has 1 atom stereocenters. The van der Waals surface area contributed by atoms with Crippen LogP contribution in [0.5, 0.6) is 0 Å². The van der Waals surface area contributed by atoms with Crippen LogP contribution < -0.4 is 11.0 Å². The van der Waals surface area contributed by atoms with E-state index in [-0.39, 0.29) is 11.8 Å². The molecule has 2 N–H and O–H groups in total. The van der Waals surface area contributed by atoms with Crippen LogP contribution >= 0.6 is 0 Å². The maximum atomic E-state index is 11.9. The first-order valence-electron chi connectivity index (χ1n) is 6.34. The van der Waals surface area contributed by atoms with Gasteiger partial charge in [-0.25, -0.2) is 4.79 Å². The van der Waals surface area contributed by atoms with Crippen LogP contribution in [0.15, 0.2) is 29.1 Å². The van der Waals surface area contributed by atoms with Crippen molar-refractivity contribution in [3.8, 4) is 0 Å². The lowest BCUT2D eigenvalue weighted by Crippen LogP contribution is -2.39. The maximum absolute atomic E-state index is 11.9. The van der Waals surface area contributed by atoms with Crippen LogP contribution in [0.3, 0.4) is 0 Å². The molecule has 18 heavy (non-hydrogen) atoms. The Kier molecular flexibility index (Phi) is 3.17. The highest BCUT2D eigenvalue weighted by Gasteiger charge is 2.14. The number of benzene rings is 1. The molecule has 2 heterocycles. The molecular weight excluding hydrogens is 230 g/mol. The average molecular weight is 247 g/mol. The molecule has 1 aliphatic heterocycles. The number of hydrogen-bond donors (Lipinski definition) is 2. The number of nitrogens with zero attached hydrogens (tertiary/aromatic N) is 1. The summed E-state index contributed by atoms with van der Waals surface area (Å²) in [6, 6.07) is 7.76. The van der Waals surface area contributed by atoms with Crippen LogP contribution in [0.25, 0.3) is 11.0 Å². The Hall–Kier alpha value is -1.59. The molecule has 1 unspecified atom stereocenters. The van der Waals surface area contributed by atoms with E-state index in [1.54, 1.807) is 4.57 Å². The molecule has 2 aromatic rings. The van der Waals surface area contributed by atoms with E-state index in [1.165, 1.54) is 0 Å². The molecule has 96 valence electrons. The third kappa shape index (κ3) is 2.19. The molecule has 1 aromatic heterocycles. The first kappa shape index (κ1) is 11.5. The molecule has 1 aliphatic rings. The van der Waals surface area contributed by atoms with Crippen molar-refractivity contribution in [1.29, 1.82) is 0 Å². The second kappa shape index (κ2) is 4.96. The first-order valence-corrected chi connectivity index (χ1v) is 6.34. The highest BCUT2D eigenvalue weighted by Crippen LogP contribution is 2.11. The summed E-state index contributed by atoms with van der Waals surface area (Å²) in [6.45, 7) is 3.24. The average Bonchev–Trinajstić information content (AvgIpc) is 2.73. The monoisotopic (exact) mass is 247 g/mol. The number of aromatic nitrogens is 2. The molecule has 1 fully saturated rings. The summed E-state index contributed by atoms with van der Waals surface area (Å²) in [5, 5.41) is 3.30. The van der Waals surface area contributed by atoms with Crippen molar-refractivity contribution in [2.75, 3.05) is 19.7 Å². The molecule has 0 saturated carbocycles. The summed E-state index contributed by atoms with van der Waals surface area (Å²) >= 11 is 0. The van der Waals surface area contributed by atoms with Crippen LogP contribution in [0.1, 0.15) is 6.42 Å². The van der Waals surface area contributed by atoms with Crippen molar-refractivity contribution in [2.24, 2.45) is 0 Å². The van der Waals surface area contributed by atoms with Crippen LogP contribution in [-0.4, -0.2) is 35.4 Å². The molecule has 5 heteroatoms.